The summed E-state index contributed by atoms with van der Waals surface area (Å²) >= 11 is 3.36. The van der Waals surface area contributed by atoms with E-state index in [0.717, 1.165) is 16.6 Å². The molecule has 0 aliphatic carbocycles. The minimum atomic E-state index is -0.0581. The molecule has 0 spiro atoms. The lowest BCUT2D eigenvalue weighted by molar-refractivity contribution is 0.273. The molecule has 0 radical (unpaired) electrons. The van der Waals surface area contributed by atoms with Gasteiger partial charge in [-0.05, 0) is 46.1 Å². The molecule has 2 N–H and O–H groups in total. The Morgan fingerprint density at radius 3 is 2.55 bits per heavy atom. The van der Waals surface area contributed by atoms with Crippen LogP contribution < -0.4 is 5.32 Å². The van der Waals surface area contributed by atoms with Crippen LogP contribution in [0, 0.1) is 11.3 Å². The third-order valence-electron chi connectivity index (χ3n) is 3.01. The molecule has 0 amide bonds. The first-order chi connectivity index (χ1) is 9.72. The smallest absolute Gasteiger partial charge is 0.100 e. The summed E-state index contributed by atoms with van der Waals surface area (Å²) in [7, 11) is 0. The van der Waals surface area contributed by atoms with Gasteiger partial charge in [0.05, 0.1) is 18.2 Å². The van der Waals surface area contributed by atoms with Crippen molar-refractivity contribution in [1.82, 2.24) is 0 Å². The van der Waals surface area contributed by atoms with Gasteiger partial charge in [0.15, 0.2) is 0 Å². The van der Waals surface area contributed by atoms with E-state index in [4.69, 9.17) is 5.26 Å². The van der Waals surface area contributed by atoms with E-state index in [-0.39, 0.29) is 12.6 Å². The highest BCUT2D eigenvalue weighted by Gasteiger charge is 2.09. The number of anilines is 1. The van der Waals surface area contributed by atoms with Crippen LogP contribution in [-0.2, 0) is 6.42 Å². The van der Waals surface area contributed by atoms with E-state index < -0.39 is 0 Å². The molecular formula is C16H15BrN2O. The highest BCUT2D eigenvalue weighted by molar-refractivity contribution is 9.10. The third kappa shape index (κ3) is 3.83. The Morgan fingerprint density at radius 1 is 1.20 bits per heavy atom. The average molecular weight is 331 g/mol. The molecule has 20 heavy (non-hydrogen) atoms. The first kappa shape index (κ1) is 14.6. The number of aliphatic hydroxyl groups excluding tert-OH is 1. The zero-order valence-corrected chi connectivity index (χ0v) is 12.5. The molecule has 0 heterocycles. The lowest BCUT2D eigenvalue weighted by Crippen LogP contribution is -2.26. The molecule has 2 rings (SSSR count). The van der Waals surface area contributed by atoms with Crippen LogP contribution in [0.25, 0.3) is 0 Å². The summed E-state index contributed by atoms with van der Waals surface area (Å²) < 4.78 is 0.751. The summed E-state index contributed by atoms with van der Waals surface area (Å²) in [6.45, 7) is 0.0481. The number of nitriles is 1. The molecular weight excluding hydrogens is 316 g/mol. The van der Waals surface area contributed by atoms with Crippen LogP contribution in [0.3, 0.4) is 0 Å². The highest BCUT2D eigenvalue weighted by Crippen LogP contribution is 2.21. The maximum atomic E-state index is 9.49. The van der Waals surface area contributed by atoms with Gasteiger partial charge in [-0.15, -0.1) is 0 Å². The van der Waals surface area contributed by atoms with Gasteiger partial charge in [-0.25, -0.2) is 0 Å². The maximum absolute atomic E-state index is 9.49. The predicted molar refractivity (Wildman–Crippen MR) is 83.5 cm³/mol. The Hall–Kier alpha value is -1.83. The lowest BCUT2D eigenvalue weighted by atomic mass is 10.1. The van der Waals surface area contributed by atoms with E-state index in [1.807, 2.05) is 42.5 Å². The SMILES string of the molecule is N#Cc1ccc(NC(CO)Cc2ccccc2)cc1Br. The molecule has 0 aliphatic rings. The summed E-state index contributed by atoms with van der Waals surface area (Å²) in [5, 5.41) is 21.7. The molecule has 0 bridgehead atoms. The zero-order chi connectivity index (χ0) is 14.4. The molecule has 2 aromatic carbocycles. The second kappa shape index (κ2) is 7.09. The number of aliphatic hydroxyl groups is 1. The zero-order valence-electron chi connectivity index (χ0n) is 10.9. The van der Waals surface area contributed by atoms with Gasteiger partial charge in [-0.3, -0.25) is 0 Å². The second-order valence-corrected chi connectivity index (χ2v) is 5.37. The molecule has 3 nitrogen and oxygen atoms in total. The maximum Gasteiger partial charge on any atom is 0.100 e. The largest absolute Gasteiger partial charge is 0.394 e. The number of halogens is 1. The number of nitrogens with zero attached hydrogens (tertiary/aromatic N) is 1. The van der Waals surface area contributed by atoms with Gasteiger partial charge in [0.2, 0.25) is 0 Å². The van der Waals surface area contributed by atoms with E-state index >= 15 is 0 Å². The molecule has 1 unspecified atom stereocenters. The summed E-state index contributed by atoms with van der Waals surface area (Å²) in [5.74, 6) is 0. The van der Waals surface area contributed by atoms with Crippen molar-refractivity contribution < 1.29 is 5.11 Å². The van der Waals surface area contributed by atoms with Crippen LogP contribution in [0.2, 0.25) is 0 Å². The monoisotopic (exact) mass is 330 g/mol. The van der Waals surface area contributed by atoms with E-state index in [1.165, 1.54) is 5.56 Å². The van der Waals surface area contributed by atoms with Crippen molar-refractivity contribution in [3.63, 3.8) is 0 Å². The van der Waals surface area contributed by atoms with Gasteiger partial charge in [0.1, 0.15) is 6.07 Å². The fourth-order valence-corrected chi connectivity index (χ4v) is 2.46. The molecule has 0 saturated heterocycles. The van der Waals surface area contributed by atoms with Crippen LogP contribution in [-0.4, -0.2) is 17.8 Å². The highest BCUT2D eigenvalue weighted by atomic mass is 79.9. The van der Waals surface area contributed by atoms with Crippen molar-refractivity contribution in [3.8, 4) is 6.07 Å². The Balaban J connectivity index is 2.07. The fraction of sp³-hybridized carbons (Fsp3) is 0.188. The summed E-state index contributed by atoms with van der Waals surface area (Å²) in [6, 6.07) is 17.5. The van der Waals surface area contributed by atoms with E-state index in [9.17, 15) is 5.11 Å². The Bertz CT molecular complexity index is 608. The van der Waals surface area contributed by atoms with E-state index in [1.54, 1.807) is 6.07 Å². The van der Waals surface area contributed by atoms with Gasteiger partial charge < -0.3 is 10.4 Å². The molecule has 0 aliphatic heterocycles. The topological polar surface area (TPSA) is 56.0 Å². The van der Waals surface area contributed by atoms with Crippen LogP contribution >= 0.6 is 15.9 Å². The van der Waals surface area contributed by atoms with Gasteiger partial charge in [0.25, 0.3) is 0 Å². The minimum absolute atomic E-state index is 0.0481. The summed E-state index contributed by atoms with van der Waals surface area (Å²) in [5.41, 5.74) is 2.65. The van der Waals surface area contributed by atoms with Crippen molar-refractivity contribution in [2.45, 2.75) is 12.5 Å². The lowest BCUT2D eigenvalue weighted by Gasteiger charge is -2.18. The van der Waals surface area contributed by atoms with Gasteiger partial charge in [-0.2, -0.15) is 5.26 Å². The number of benzene rings is 2. The first-order valence-electron chi connectivity index (χ1n) is 6.34. The number of hydrogen-bond donors (Lipinski definition) is 2. The predicted octanol–water partition coefficient (Wildman–Crippen LogP) is 3.34. The van der Waals surface area contributed by atoms with Gasteiger partial charge >= 0.3 is 0 Å². The minimum Gasteiger partial charge on any atom is -0.394 e. The number of nitrogens with one attached hydrogen (secondary N) is 1. The molecule has 0 fully saturated rings. The van der Waals surface area contributed by atoms with Crippen LogP contribution in [0.15, 0.2) is 53.0 Å². The first-order valence-corrected chi connectivity index (χ1v) is 7.13. The van der Waals surface area contributed by atoms with Crippen molar-refractivity contribution in [1.29, 1.82) is 5.26 Å². The van der Waals surface area contributed by atoms with Crippen LogP contribution in [0.1, 0.15) is 11.1 Å². The quantitative estimate of drug-likeness (QED) is 0.884. The van der Waals surface area contributed by atoms with Crippen LogP contribution in [0.4, 0.5) is 5.69 Å². The second-order valence-electron chi connectivity index (χ2n) is 4.52. The normalized spacial score (nSPS) is 11.7. The molecule has 1 atom stereocenters. The van der Waals surface area contributed by atoms with Crippen molar-refractivity contribution >= 4 is 21.6 Å². The van der Waals surface area contributed by atoms with E-state index in [0.29, 0.717) is 5.56 Å². The Labute approximate surface area is 127 Å². The fourth-order valence-electron chi connectivity index (χ4n) is 1.99. The number of rotatable bonds is 5. The average Bonchev–Trinajstić information content (AvgIpc) is 2.48. The van der Waals surface area contributed by atoms with Crippen molar-refractivity contribution in [3.05, 3.63) is 64.1 Å². The standard InChI is InChI=1S/C16H15BrN2O/c17-16-9-14(7-6-13(16)10-18)19-15(11-20)8-12-4-2-1-3-5-12/h1-7,9,15,19-20H,8,11H2. The molecule has 102 valence electrons. The Kier molecular flexibility index (Phi) is 5.16. The molecule has 2 aromatic rings. The molecule has 0 aromatic heterocycles. The Morgan fingerprint density at radius 2 is 1.95 bits per heavy atom. The third-order valence-corrected chi connectivity index (χ3v) is 3.66. The summed E-state index contributed by atoms with van der Waals surface area (Å²) in [6.07, 6.45) is 0.745. The van der Waals surface area contributed by atoms with Gasteiger partial charge in [0, 0.05) is 10.2 Å². The number of hydrogen-bond acceptors (Lipinski definition) is 3. The summed E-state index contributed by atoms with van der Waals surface area (Å²) in [4.78, 5) is 0. The van der Waals surface area contributed by atoms with Crippen molar-refractivity contribution in [2.75, 3.05) is 11.9 Å². The van der Waals surface area contributed by atoms with Crippen LogP contribution in [0.5, 0.6) is 0 Å². The van der Waals surface area contributed by atoms with Crippen molar-refractivity contribution in [2.24, 2.45) is 0 Å². The molecule has 0 saturated carbocycles. The van der Waals surface area contributed by atoms with Gasteiger partial charge in [-0.1, -0.05) is 30.3 Å². The molecule has 4 heteroatoms. The van der Waals surface area contributed by atoms with E-state index in [2.05, 4.69) is 27.3 Å².